The summed E-state index contributed by atoms with van der Waals surface area (Å²) in [5, 5.41) is 0. The quantitative estimate of drug-likeness (QED) is 0.590. The van der Waals surface area contributed by atoms with Gasteiger partial charge in [-0.25, -0.2) is 4.79 Å². The number of halogens is 1. The number of hydrogen-bond acceptors (Lipinski definition) is 3. The second-order valence-corrected chi connectivity index (χ2v) is 5.78. The molecule has 2 rings (SSSR count). The van der Waals surface area contributed by atoms with E-state index < -0.39 is 0 Å². The Balaban J connectivity index is 2.03. The van der Waals surface area contributed by atoms with Crippen LogP contribution < -0.4 is 4.74 Å². The fourth-order valence-corrected chi connectivity index (χ4v) is 2.46. The van der Waals surface area contributed by atoms with Crippen molar-refractivity contribution in [1.29, 1.82) is 0 Å². The Hall–Kier alpha value is -1.24. The van der Waals surface area contributed by atoms with Crippen molar-refractivity contribution < 1.29 is 14.3 Å². The molecule has 108 valence electrons. The zero-order chi connectivity index (χ0) is 14.5. The van der Waals surface area contributed by atoms with E-state index in [9.17, 15) is 4.79 Å². The highest BCUT2D eigenvalue weighted by atomic mass is 127. The highest BCUT2D eigenvalue weighted by molar-refractivity contribution is 14.1. The molecule has 0 aromatic heterocycles. The second-order valence-electron chi connectivity index (χ2n) is 4.62. The van der Waals surface area contributed by atoms with Crippen LogP contribution in [-0.2, 0) is 4.74 Å². The standard InChI is InChI=1S/C15H18INO3/c1-3-19-15(18)17-8-4-5-12(10-17)20-14-9-11(2)6-7-13(14)16/h4-7,9,12H,3,8,10H2,1-2H3. The third kappa shape index (κ3) is 3.88. The van der Waals surface area contributed by atoms with Gasteiger partial charge in [-0.1, -0.05) is 12.1 Å². The molecular formula is C15H18INO3. The maximum atomic E-state index is 11.7. The fraction of sp³-hybridized carbons (Fsp3) is 0.400. The van der Waals surface area contributed by atoms with Crippen LogP contribution in [0.15, 0.2) is 30.4 Å². The lowest BCUT2D eigenvalue weighted by Gasteiger charge is -2.28. The van der Waals surface area contributed by atoms with Crippen molar-refractivity contribution in [3.8, 4) is 5.75 Å². The maximum absolute atomic E-state index is 11.7. The predicted molar refractivity (Wildman–Crippen MR) is 86.0 cm³/mol. The molecule has 0 saturated carbocycles. The minimum absolute atomic E-state index is 0.136. The van der Waals surface area contributed by atoms with Crippen LogP contribution in [0.2, 0.25) is 0 Å². The van der Waals surface area contributed by atoms with Crippen molar-refractivity contribution in [2.45, 2.75) is 20.0 Å². The molecule has 0 spiro atoms. The van der Waals surface area contributed by atoms with Crippen molar-refractivity contribution in [2.24, 2.45) is 0 Å². The lowest BCUT2D eigenvalue weighted by atomic mass is 10.2. The van der Waals surface area contributed by atoms with E-state index in [1.807, 2.05) is 31.2 Å². The molecule has 0 radical (unpaired) electrons. The van der Waals surface area contributed by atoms with Crippen molar-refractivity contribution in [3.63, 3.8) is 0 Å². The van der Waals surface area contributed by atoms with E-state index in [-0.39, 0.29) is 12.2 Å². The Morgan fingerprint density at radius 2 is 2.30 bits per heavy atom. The van der Waals surface area contributed by atoms with E-state index in [2.05, 4.69) is 28.7 Å². The summed E-state index contributed by atoms with van der Waals surface area (Å²) in [5.74, 6) is 0.853. The van der Waals surface area contributed by atoms with E-state index >= 15 is 0 Å². The zero-order valence-corrected chi connectivity index (χ0v) is 13.8. The summed E-state index contributed by atoms with van der Waals surface area (Å²) in [6.07, 6.45) is 3.51. The lowest BCUT2D eigenvalue weighted by molar-refractivity contribution is 0.0927. The summed E-state index contributed by atoms with van der Waals surface area (Å²) in [5.41, 5.74) is 1.16. The van der Waals surface area contributed by atoms with Crippen LogP contribution in [0.4, 0.5) is 4.79 Å². The van der Waals surface area contributed by atoms with Gasteiger partial charge in [0.15, 0.2) is 0 Å². The van der Waals surface area contributed by atoms with Gasteiger partial charge in [0.2, 0.25) is 0 Å². The molecule has 1 heterocycles. The van der Waals surface area contributed by atoms with Crippen molar-refractivity contribution in [1.82, 2.24) is 4.90 Å². The van der Waals surface area contributed by atoms with Crippen LogP contribution in [0.25, 0.3) is 0 Å². The zero-order valence-electron chi connectivity index (χ0n) is 11.6. The molecule has 0 aliphatic carbocycles. The number of rotatable bonds is 3. The first-order valence-corrected chi connectivity index (χ1v) is 7.69. The summed E-state index contributed by atoms with van der Waals surface area (Å²) >= 11 is 2.25. The van der Waals surface area contributed by atoms with Crippen molar-refractivity contribution in [2.75, 3.05) is 19.7 Å². The predicted octanol–water partition coefficient (Wildman–Crippen LogP) is 3.38. The Labute approximate surface area is 132 Å². The maximum Gasteiger partial charge on any atom is 0.410 e. The number of nitrogens with zero attached hydrogens (tertiary/aromatic N) is 1. The van der Waals surface area contributed by atoms with E-state index in [4.69, 9.17) is 9.47 Å². The van der Waals surface area contributed by atoms with Gasteiger partial charge in [0.1, 0.15) is 11.9 Å². The monoisotopic (exact) mass is 387 g/mol. The van der Waals surface area contributed by atoms with Crippen LogP contribution in [0.5, 0.6) is 5.75 Å². The van der Waals surface area contributed by atoms with Crippen LogP contribution in [-0.4, -0.2) is 36.8 Å². The molecule has 1 aromatic carbocycles. The largest absolute Gasteiger partial charge is 0.483 e. The number of ether oxygens (including phenoxy) is 2. The highest BCUT2D eigenvalue weighted by Gasteiger charge is 2.22. The molecule has 1 atom stereocenters. The molecule has 1 aliphatic heterocycles. The van der Waals surface area contributed by atoms with Crippen LogP contribution in [0.1, 0.15) is 12.5 Å². The second kappa shape index (κ2) is 6.97. The molecule has 0 saturated heterocycles. The third-order valence-electron chi connectivity index (χ3n) is 2.97. The number of amides is 1. The van der Waals surface area contributed by atoms with E-state index in [1.165, 1.54) is 0 Å². The van der Waals surface area contributed by atoms with Gasteiger partial charge in [-0.05, 0) is 60.2 Å². The van der Waals surface area contributed by atoms with E-state index in [0.29, 0.717) is 19.7 Å². The summed E-state index contributed by atoms with van der Waals surface area (Å²) in [7, 11) is 0. The SMILES string of the molecule is CCOC(=O)N1CC=CC(Oc2cc(C)ccc2I)C1. The summed E-state index contributed by atoms with van der Waals surface area (Å²) in [6, 6.07) is 6.09. The van der Waals surface area contributed by atoms with Gasteiger partial charge < -0.3 is 14.4 Å². The normalized spacial score (nSPS) is 17.9. The van der Waals surface area contributed by atoms with Gasteiger partial charge in [0.05, 0.1) is 16.7 Å². The first-order valence-electron chi connectivity index (χ1n) is 6.61. The summed E-state index contributed by atoms with van der Waals surface area (Å²) in [4.78, 5) is 13.4. The molecule has 1 amide bonds. The summed E-state index contributed by atoms with van der Waals surface area (Å²) in [6.45, 7) is 5.31. The average Bonchev–Trinajstić information content (AvgIpc) is 2.43. The van der Waals surface area contributed by atoms with E-state index in [1.54, 1.807) is 11.8 Å². The third-order valence-corrected chi connectivity index (χ3v) is 3.86. The topological polar surface area (TPSA) is 38.8 Å². The Kier molecular flexibility index (Phi) is 5.28. The fourth-order valence-electron chi connectivity index (χ4n) is 2.00. The molecule has 0 bridgehead atoms. The minimum Gasteiger partial charge on any atom is -0.483 e. The summed E-state index contributed by atoms with van der Waals surface area (Å²) < 4.78 is 12.1. The molecule has 1 unspecified atom stereocenters. The van der Waals surface area contributed by atoms with Gasteiger partial charge in [0, 0.05) is 6.54 Å². The molecule has 4 nitrogen and oxygen atoms in total. The number of carbonyl (C=O) groups is 1. The van der Waals surface area contributed by atoms with E-state index in [0.717, 1.165) is 14.9 Å². The molecule has 1 aromatic rings. The highest BCUT2D eigenvalue weighted by Crippen LogP contribution is 2.24. The number of aryl methyl sites for hydroxylation is 1. The van der Waals surface area contributed by atoms with Crippen LogP contribution in [0, 0.1) is 10.5 Å². The number of hydrogen-bond donors (Lipinski definition) is 0. The molecule has 0 N–H and O–H groups in total. The van der Waals surface area contributed by atoms with Crippen molar-refractivity contribution in [3.05, 3.63) is 39.5 Å². The lowest BCUT2D eigenvalue weighted by Crippen LogP contribution is -2.42. The molecule has 20 heavy (non-hydrogen) atoms. The smallest absolute Gasteiger partial charge is 0.410 e. The Morgan fingerprint density at radius 1 is 1.50 bits per heavy atom. The molecule has 0 fully saturated rings. The molecule has 1 aliphatic rings. The van der Waals surface area contributed by atoms with Gasteiger partial charge in [-0.3, -0.25) is 0 Å². The average molecular weight is 387 g/mol. The van der Waals surface area contributed by atoms with Gasteiger partial charge in [-0.2, -0.15) is 0 Å². The number of benzene rings is 1. The van der Waals surface area contributed by atoms with Crippen molar-refractivity contribution >= 4 is 28.7 Å². The Morgan fingerprint density at radius 3 is 3.05 bits per heavy atom. The first kappa shape index (κ1) is 15.2. The Bertz CT molecular complexity index is 516. The first-order chi connectivity index (χ1) is 9.60. The van der Waals surface area contributed by atoms with Gasteiger partial charge >= 0.3 is 6.09 Å². The molecule has 5 heteroatoms. The van der Waals surface area contributed by atoms with Crippen LogP contribution in [0.3, 0.4) is 0 Å². The van der Waals surface area contributed by atoms with Crippen LogP contribution >= 0.6 is 22.6 Å². The van der Waals surface area contributed by atoms with Gasteiger partial charge in [-0.15, -0.1) is 0 Å². The van der Waals surface area contributed by atoms with Gasteiger partial charge in [0.25, 0.3) is 0 Å². The number of carbonyl (C=O) groups excluding carboxylic acids is 1. The minimum atomic E-state index is -0.288. The molecular weight excluding hydrogens is 369 g/mol.